The van der Waals surface area contributed by atoms with Gasteiger partial charge in [0.05, 0.1) is 0 Å². The number of hydrogen-bond acceptors (Lipinski definition) is 3. The van der Waals surface area contributed by atoms with Crippen molar-refractivity contribution in [2.45, 2.75) is 5.37 Å². The number of hydrogen-bond donors (Lipinski definition) is 0. The molecule has 0 bridgehead atoms. The first-order valence-electron chi connectivity index (χ1n) is 7.76. The third kappa shape index (κ3) is 2.82. The van der Waals surface area contributed by atoms with Gasteiger partial charge in [0.25, 0.3) is 5.91 Å². The van der Waals surface area contributed by atoms with Crippen LogP contribution in [0, 0.1) is 0 Å². The van der Waals surface area contributed by atoms with Crippen molar-refractivity contribution in [2.75, 3.05) is 12.3 Å². The number of rotatable bonds is 2. The molecular weight excluding hydrogens is 384 g/mol. The summed E-state index contributed by atoms with van der Waals surface area (Å²) in [5, 5.41) is 2.01. The quantitative estimate of drug-likeness (QED) is 0.616. The highest BCUT2D eigenvalue weighted by Crippen LogP contribution is 2.39. The minimum atomic E-state index is 0.00437. The average Bonchev–Trinajstić information content (AvgIpc) is 3.11. The Morgan fingerprint density at radius 3 is 2.75 bits per heavy atom. The van der Waals surface area contributed by atoms with Gasteiger partial charge in [0.2, 0.25) is 0 Å². The molecule has 1 fully saturated rings. The van der Waals surface area contributed by atoms with Gasteiger partial charge in [0, 0.05) is 28.4 Å². The zero-order valence-corrected chi connectivity index (χ0v) is 15.3. The fourth-order valence-corrected chi connectivity index (χ4v) is 4.53. The van der Waals surface area contributed by atoms with Crippen LogP contribution in [0.5, 0.6) is 0 Å². The molecule has 2 heterocycles. The Hall–Kier alpha value is -1.85. The topological polar surface area (TPSA) is 33.2 Å². The van der Waals surface area contributed by atoms with Crippen molar-refractivity contribution in [3.05, 3.63) is 76.5 Å². The molecule has 120 valence electrons. The number of amides is 1. The largest absolute Gasteiger partial charge is 0.320 e. The standard InChI is InChI=1S/C19H15BrN2OS/c20-15-7-5-14(6-8-15)19-22(11-12-24-19)18(23)17-16-4-2-1-3-13(16)9-10-21-17/h1-10,19H,11-12H2. The lowest BCUT2D eigenvalue weighted by atomic mass is 10.1. The monoisotopic (exact) mass is 398 g/mol. The Morgan fingerprint density at radius 2 is 1.92 bits per heavy atom. The molecule has 1 aromatic heterocycles. The van der Waals surface area contributed by atoms with Crippen LogP contribution in [0.4, 0.5) is 0 Å². The van der Waals surface area contributed by atoms with Crippen LogP contribution in [0.15, 0.2) is 65.3 Å². The van der Waals surface area contributed by atoms with Crippen LogP contribution in [-0.2, 0) is 0 Å². The van der Waals surface area contributed by atoms with Crippen molar-refractivity contribution in [1.29, 1.82) is 0 Å². The predicted molar refractivity (Wildman–Crippen MR) is 102 cm³/mol. The fourth-order valence-electron chi connectivity index (χ4n) is 3.01. The van der Waals surface area contributed by atoms with Crippen LogP contribution in [-0.4, -0.2) is 28.1 Å². The Morgan fingerprint density at radius 1 is 1.12 bits per heavy atom. The summed E-state index contributed by atoms with van der Waals surface area (Å²) in [4.78, 5) is 19.5. The third-order valence-electron chi connectivity index (χ3n) is 4.18. The molecule has 1 saturated heterocycles. The molecule has 1 amide bonds. The van der Waals surface area contributed by atoms with Crippen molar-refractivity contribution < 1.29 is 4.79 Å². The number of benzene rings is 2. The molecule has 0 saturated carbocycles. The lowest BCUT2D eigenvalue weighted by Gasteiger charge is -2.24. The van der Waals surface area contributed by atoms with Gasteiger partial charge in [-0.05, 0) is 29.1 Å². The van der Waals surface area contributed by atoms with E-state index in [2.05, 4.69) is 33.0 Å². The second-order valence-electron chi connectivity index (χ2n) is 5.65. The van der Waals surface area contributed by atoms with E-state index in [1.54, 1.807) is 18.0 Å². The Balaban J connectivity index is 1.71. The first kappa shape index (κ1) is 15.7. The Kier molecular flexibility index (Phi) is 4.29. The summed E-state index contributed by atoms with van der Waals surface area (Å²) < 4.78 is 1.04. The van der Waals surface area contributed by atoms with Gasteiger partial charge in [-0.15, -0.1) is 11.8 Å². The summed E-state index contributed by atoms with van der Waals surface area (Å²) in [6.45, 7) is 0.745. The molecule has 1 unspecified atom stereocenters. The first-order chi connectivity index (χ1) is 11.7. The van der Waals surface area contributed by atoms with E-state index in [9.17, 15) is 4.79 Å². The smallest absolute Gasteiger partial charge is 0.274 e. The number of carbonyl (C=O) groups excluding carboxylic acids is 1. The van der Waals surface area contributed by atoms with E-state index in [-0.39, 0.29) is 11.3 Å². The van der Waals surface area contributed by atoms with Gasteiger partial charge in [0.15, 0.2) is 0 Å². The lowest BCUT2D eigenvalue weighted by molar-refractivity contribution is 0.0756. The summed E-state index contributed by atoms with van der Waals surface area (Å²) in [6.07, 6.45) is 1.72. The SMILES string of the molecule is O=C(c1nccc2ccccc12)N1CCSC1c1ccc(Br)cc1. The molecule has 3 nitrogen and oxygen atoms in total. The van der Waals surface area contributed by atoms with Crippen molar-refractivity contribution >= 4 is 44.4 Å². The van der Waals surface area contributed by atoms with Gasteiger partial charge in [-0.1, -0.05) is 52.3 Å². The minimum absolute atomic E-state index is 0.00437. The van der Waals surface area contributed by atoms with E-state index in [0.29, 0.717) is 5.69 Å². The molecule has 1 aliphatic rings. The van der Waals surface area contributed by atoms with E-state index >= 15 is 0 Å². The first-order valence-corrected chi connectivity index (χ1v) is 9.60. The summed E-state index contributed by atoms with van der Waals surface area (Å²) in [5.74, 6) is 0.946. The van der Waals surface area contributed by atoms with Gasteiger partial charge >= 0.3 is 0 Å². The Bertz CT molecular complexity index is 892. The molecule has 1 aliphatic heterocycles. The maximum Gasteiger partial charge on any atom is 0.274 e. The van der Waals surface area contributed by atoms with Gasteiger partial charge in [-0.25, -0.2) is 0 Å². The molecule has 0 radical (unpaired) electrons. The maximum atomic E-state index is 13.2. The number of aromatic nitrogens is 1. The number of fused-ring (bicyclic) bond motifs is 1. The molecule has 0 aliphatic carbocycles. The Labute approximate surface area is 153 Å². The maximum absolute atomic E-state index is 13.2. The molecular formula is C19H15BrN2OS. The predicted octanol–water partition coefficient (Wildman–Crippen LogP) is 4.89. The van der Waals surface area contributed by atoms with E-state index < -0.39 is 0 Å². The number of halogens is 1. The van der Waals surface area contributed by atoms with Crippen LogP contribution in [0.3, 0.4) is 0 Å². The third-order valence-corrected chi connectivity index (χ3v) is 5.97. The molecule has 0 N–H and O–H groups in total. The summed E-state index contributed by atoms with van der Waals surface area (Å²) >= 11 is 5.26. The van der Waals surface area contributed by atoms with Crippen molar-refractivity contribution in [3.63, 3.8) is 0 Å². The zero-order valence-electron chi connectivity index (χ0n) is 12.9. The molecule has 3 aromatic rings. The van der Waals surface area contributed by atoms with E-state index in [4.69, 9.17) is 0 Å². The van der Waals surface area contributed by atoms with Crippen LogP contribution < -0.4 is 0 Å². The highest BCUT2D eigenvalue weighted by molar-refractivity contribution is 9.10. The highest BCUT2D eigenvalue weighted by atomic mass is 79.9. The normalized spacial score (nSPS) is 17.4. The van der Waals surface area contributed by atoms with Crippen molar-refractivity contribution in [3.8, 4) is 0 Å². The molecule has 1 atom stereocenters. The van der Waals surface area contributed by atoms with Gasteiger partial charge in [0.1, 0.15) is 11.1 Å². The van der Waals surface area contributed by atoms with E-state index in [1.165, 1.54) is 0 Å². The average molecular weight is 399 g/mol. The van der Waals surface area contributed by atoms with Crippen molar-refractivity contribution in [1.82, 2.24) is 9.88 Å². The van der Waals surface area contributed by atoms with Crippen LogP contribution >= 0.6 is 27.7 Å². The summed E-state index contributed by atoms with van der Waals surface area (Å²) in [6, 6.07) is 18.0. The number of nitrogens with zero attached hydrogens (tertiary/aromatic N) is 2. The zero-order chi connectivity index (χ0) is 16.5. The van der Waals surface area contributed by atoms with Crippen LogP contribution in [0.1, 0.15) is 21.4 Å². The number of carbonyl (C=O) groups is 1. The van der Waals surface area contributed by atoms with Crippen molar-refractivity contribution in [2.24, 2.45) is 0 Å². The summed E-state index contributed by atoms with van der Waals surface area (Å²) in [5.41, 5.74) is 1.69. The summed E-state index contributed by atoms with van der Waals surface area (Å²) in [7, 11) is 0. The van der Waals surface area contributed by atoms with Gasteiger partial charge in [-0.2, -0.15) is 0 Å². The fraction of sp³-hybridized carbons (Fsp3) is 0.158. The van der Waals surface area contributed by atoms with Crippen LogP contribution in [0.25, 0.3) is 10.8 Å². The number of thioether (sulfide) groups is 1. The lowest BCUT2D eigenvalue weighted by Crippen LogP contribution is -2.31. The minimum Gasteiger partial charge on any atom is -0.320 e. The molecule has 2 aromatic carbocycles. The molecule has 5 heteroatoms. The number of pyridine rings is 1. The molecule has 4 rings (SSSR count). The van der Waals surface area contributed by atoms with E-state index in [0.717, 1.165) is 33.1 Å². The van der Waals surface area contributed by atoms with E-state index in [1.807, 2.05) is 47.4 Å². The highest BCUT2D eigenvalue weighted by Gasteiger charge is 2.32. The second kappa shape index (κ2) is 6.57. The van der Waals surface area contributed by atoms with Gasteiger partial charge in [-0.3, -0.25) is 9.78 Å². The molecule has 0 spiro atoms. The molecule has 24 heavy (non-hydrogen) atoms. The van der Waals surface area contributed by atoms with Gasteiger partial charge < -0.3 is 4.90 Å². The second-order valence-corrected chi connectivity index (χ2v) is 7.76. The van der Waals surface area contributed by atoms with Crippen LogP contribution in [0.2, 0.25) is 0 Å².